The third-order valence-electron chi connectivity index (χ3n) is 5.37. The van der Waals surface area contributed by atoms with Gasteiger partial charge < -0.3 is 16.2 Å². The molecule has 0 heterocycles. The lowest BCUT2D eigenvalue weighted by Gasteiger charge is -2.26. The maximum atomic E-state index is 13.5. The van der Waals surface area contributed by atoms with Crippen LogP contribution in [0.25, 0.3) is 0 Å². The number of aryl methyl sites for hydroxylation is 2. The number of carbonyl (C=O) groups is 2. The predicted molar refractivity (Wildman–Crippen MR) is 118 cm³/mol. The molecular weight excluding hydrogens is 376 g/mol. The van der Waals surface area contributed by atoms with Crippen LogP contribution < -0.4 is 11.1 Å². The van der Waals surface area contributed by atoms with Gasteiger partial charge in [-0.25, -0.2) is 0 Å². The van der Waals surface area contributed by atoms with Gasteiger partial charge in [-0.1, -0.05) is 42.5 Å². The molecule has 4 N–H and O–H groups in total. The van der Waals surface area contributed by atoms with Crippen LogP contribution >= 0.6 is 0 Å². The van der Waals surface area contributed by atoms with Crippen LogP contribution in [-0.2, 0) is 12.8 Å². The Balaban J connectivity index is 1.89. The van der Waals surface area contributed by atoms with Crippen molar-refractivity contribution in [1.82, 2.24) is 0 Å². The largest absolute Gasteiger partial charge is 0.507 e. The average molecular weight is 400 g/mol. The molecule has 4 rings (SSSR count). The first-order valence-corrected chi connectivity index (χ1v) is 10.1. The van der Waals surface area contributed by atoms with Crippen LogP contribution in [0.5, 0.6) is 5.75 Å². The smallest absolute Gasteiger partial charge is 0.198 e. The van der Waals surface area contributed by atoms with E-state index < -0.39 is 0 Å². The highest BCUT2D eigenvalue weighted by Crippen LogP contribution is 2.40. The molecule has 0 bridgehead atoms. The van der Waals surface area contributed by atoms with Crippen molar-refractivity contribution in [1.29, 1.82) is 0 Å². The lowest BCUT2D eigenvalue weighted by Crippen LogP contribution is -2.26. The Labute approximate surface area is 175 Å². The molecule has 0 atom stereocenters. The lowest BCUT2D eigenvalue weighted by atomic mass is 9.79. The van der Waals surface area contributed by atoms with Crippen molar-refractivity contribution in [2.75, 3.05) is 11.1 Å². The van der Waals surface area contributed by atoms with Crippen molar-refractivity contribution >= 4 is 22.9 Å². The average Bonchev–Trinajstić information content (AvgIpc) is 2.72. The minimum absolute atomic E-state index is 0.0278. The fourth-order valence-electron chi connectivity index (χ4n) is 4.04. The summed E-state index contributed by atoms with van der Waals surface area (Å²) in [5.41, 5.74) is 10.0. The number of anilines is 2. The van der Waals surface area contributed by atoms with Gasteiger partial charge in [-0.3, -0.25) is 9.59 Å². The lowest BCUT2D eigenvalue weighted by molar-refractivity contribution is 0.0976. The number of benzene rings is 3. The molecule has 0 aromatic heterocycles. The first-order chi connectivity index (χ1) is 14.4. The zero-order valence-electron chi connectivity index (χ0n) is 17.0. The fourth-order valence-corrected chi connectivity index (χ4v) is 4.04. The Morgan fingerprint density at radius 2 is 1.63 bits per heavy atom. The molecule has 0 spiro atoms. The molecule has 3 aromatic rings. The van der Waals surface area contributed by atoms with Gasteiger partial charge in [0.15, 0.2) is 11.6 Å². The molecule has 1 aliphatic rings. The van der Waals surface area contributed by atoms with Crippen molar-refractivity contribution in [3.8, 4) is 5.75 Å². The number of aromatic hydroxyl groups is 1. The molecule has 30 heavy (non-hydrogen) atoms. The zero-order chi connectivity index (χ0) is 21.4. The molecule has 0 saturated heterocycles. The van der Waals surface area contributed by atoms with Gasteiger partial charge in [0.05, 0.1) is 22.5 Å². The summed E-state index contributed by atoms with van der Waals surface area (Å²) < 4.78 is 0. The Bertz CT molecular complexity index is 1150. The minimum Gasteiger partial charge on any atom is -0.507 e. The van der Waals surface area contributed by atoms with E-state index in [-0.39, 0.29) is 34.5 Å². The summed E-state index contributed by atoms with van der Waals surface area (Å²) in [4.78, 5) is 26.9. The second-order valence-electron chi connectivity index (χ2n) is 7.89. The molecule has 0 saturated carbocycles. The molecule has 1 aliphatic carbocycles. The highest BCUT2D eigenvalue weighted by molar-refractivity contribution is 6.32. The molecule has 3 aromatic carbocycles. The van der Waals surface area contributed by atoms with Crippen LogP contribution in [0.2, 0.25) is 0 Å². The van der Waals surface area contributed by atoms with E-state index >= 15 is 0 Å². The molecule has 152 valence electrons. The highest BCUT2D eigenvalue weighted by Gasteiger charge is 2.36. The molecule has 0 amide bonds. The van der Waals surface area contributed by atoms with Crippen molar-refractivity contribution in [2.45, 2.75) is 32.7 Å². The second-order valence-corrected chi connectivity index (χ2v) is 7.89. The Hall–Kier alpha value is -3.60. The predicted octanol–water partition coefficient (Wildman–Crippen LogP) is 4.36. The number of hydrogen-bond donors (Lipinski definition) is 3. The van der Waals surface area contributed by atoms with Gasteiger partial charge in [-0.15, -0.1) is 0 Å². The van der Waals surface area contributed by atoms with Crippen LogP contribution in [0.15, 0.2) is 54.6 Å². The Morgan fingerprint density at radius 3 is 2.33 bits per heavy atom. The van der Waals surface area contributed by atoms with Gasteiger partial charge in [0.2, 0.25) is 0 Å². The van der Waals surface area contributed by atoms with Gasteiger partial charge in [0.25, 0.3) is 0 Å². The van der Waals surface area contributed by atoms with Crippen molar-refractivity contribution in [3.05, 3.63) is 88.0 Å². The van der Waals surface area contributed by atoms with E-state index in [1.54, 1.807) is 18.2 Å². The van der Waals surface area contributed by atoms with Crippen LogP contribution in [0.1, 0.15) is 56.8 Å². The third kappa shape index (κ3) is 3.32. The van der Waals surface area contributed by atoms with Gasteiger partial charge in [0.1, 0.15) is 5.75 Å². The van der Waals surface area contributed by atoms with Crippen molar-refractivity contribution in [2.24, 2.45) is 0 Å². The van der Waals surface area contributed by atoms with Crippen LogP contribution in [0, 0.1) is 0 Å². The van der Waals surface area contributed by atoms with E-state index in [4.69, 9.17) is 5.73 Å². The van der Waals surface area contributed by atoms with Crippen molar-refractivity contribution in [3.63, 3.8) is 0 Å². The monoisotopic (exact) mass is 400 g/mol. The van der Waals surface area contributed by atoms with Crippen molar-refractivity contribution < 1.29 is 14.7 Å². The number of phenolic OH excluding ortho intramolecular Hbond substituents is 1. The second kappa shape index (κ2) is 7.67. The van der Waals surface area contributed by atoms with E-state index in [9.17, 15) is 14.7 Å². The molecule has 0 radical (unpaired) electrons. The van der Waals surface area contributed by atoms with E-state index in [1.807, 2.05) is 44.2 Å². The Morgan fingerprint density at radius 1 is 0.900 bits per heavy atom. The minimum atomic E-state index is -0.340. The number of ketones is 2. The van der Waals surface area contributed by atoms with E-state index in [2.05, 4.69) is 5.32 Å². The summed E-state index contributed by atoms with van der Waals surface area (Å²) in [6.45, 7) is 3.90. The zero-order valence-corrected chi connectivity index (χ0v) is 17.0. The normalized spacial score (nSPS) is 12.6. The number of carbonyl (C=O) groups excluding carboxylic acids is 2. The summed E-state index contributed by atoms with van der Waals surface area (Å²) in [6.07, 6.45) is 1.26. The quantitative estimate of drug-likeness (QED) is 0.433. The van der Waals surface area contributed by atoms with Crippen LogP contribution in [-0.4, -0.2) is 22.7 Å². The van der Waals surface area contributed by atoms with Crippen LogP contribution in [0.4, 0.5) is 11.4 Å². The van der Waals surface area contributed by atoms with Gasteiger partial charge in [-0.2, -0.15) is 0 Å². The number of nitrogens with one attached hydrogen (secondary N) is 1. The van der Waals surface area contributed by atoms with Gasteiger partial charge >= 0.3 is 0 Å². The summed E-state index contributed by atoms with van der Waals surface area (Å²) >= 11 is 0. The maximum Gasteiger partial charge on any atom is 0.198 e. The molecule has 0 fully saturated rings. The topological polar surface area (TPSA) is 92.4 Å². The number of nitrogen functional groups attached to an aromatic ring is 1. The highest BCUT2D eigenvalue weighted by atomic mass is 16.3. The van der Waals surface area contributed by atoms with Crippen LogP contribution in [0.3, 0.4) is 0 Å². The standard InChI is InChI=1S/C25H24N2O3/c1-14(2)27-23-18(26)13-16(12-11-15-7-4-3-5-8-15)20-22(23)24(29)17-9-6-10-19(28)21(17)25(20)30/h3-10,13-14,27-28H,11-12,26H2,1-2H3. The molecule has 5 heteroatoms. The van der Waals surface area contributed by atoms with E-state index in [0.717, 1.165) is 5.56 Å². The number of rotatable bonds is 5. The third-order valence-corrected chi connectivity index (χ3v) is 5.37. The molecular formula is C25H24N2O3. The summed E-state index contributed by atoms with van der Waals surface area (Å²) in [7, 11) is 0. The first-order valence-electron chi connectivity index (χ1n) is 10.1. The van der Waals surface area contributed by atoms with E-state index in [0.29, 0.717) is 40.9 Å². The fraction of sp³-hybridized carbons (Fsp3) is 0.200. The number of phenols is 1. The number of fused-ring (bicyclic) bond motifs is 2. The van der Waals surface area contributed by atoms with E-state index in [1.165, 1.54) is 6.07 Å². The Kier molecular flexibility index (Phi) is 5.04. The first kappa shape index (κ1) is 19.7. The molecule has 0 unspecified atom stereocenters. The number of hydrogen-bond acceptors (Lipinski definition) is 5. The molecule has 5 nitrogen and oxygen atoms in total. The maximum absolute atomic E-state index is 13.5. The summed E-state index contributed by atoms with van der Waals surface area (Å²) in [6, 6.07) is 16.3. The number of nitrogens with two attached hydrogens (primary N) is 1. The SMILES string of the molecule is CC(C)Nc1c(N)cc(CCc2ccccc2)c2c1C(=O)c1cccc(O)c1C2=O. The molecule has 0 aliphatic heterocycles. The summed E-state index contributed by atoms with van der Waals surface area (Å²) in [5, 5.41) is 13.6. The summed E-state index contributed by atoms with van der Waals surface area (Å²) in [5.74, 6) is -0.819. The van der Waals surface area contributed by atoms with Gasteiger partial charge in [0, 0.05) is 17.2 Å². The van der Waals surface area contributed by atoms with Gasteiger partial charge in [-0.05, 0) is 49.9 Å².